The van der Waals surface area contributed by atoms with Gasteiger partial charge in [0.25, 0.3) is 0 Å². The molecule has 1 aliphatic carbocycles. The van der Waals surface area contributed by atoms with Gasteiger partial charge in [0, 0.05) is 19.4 Å². The van der Waals surface area contributed by atoms with E-state index in [0.717, 1.165) is 18.5 Å². The maximum Gasteiger partial charge on any atom is 0.227 e. The van der Waals surface area contributed by atoms with Crippen LogP contribution in [0, 0.1) is 5.92 Å². The normalized spacial score (nSPS) is 18.9. The average Bonchev–Trinajstić information content (AvgIpc) is 3.02. The molecule has 1 fully saturated rings. The second-order valence-corrected chi connectivity index (χ2v) is 6.34. The Kier molecular flexibility index (Phi) is 4.33. The topological polar surface area (TPSA) is 81.2 Å². The van der Waals surface area contributed by atoms with Crippen molar-refractivity contribution in [1.82, 2.24) is 15.5 Å². The molecule has 128 valence electrons. The highest BCUT2D eigenvalue weighted by Gasteiger charge is 2.37. The molecule has 1 aliphatic rings. The average molecular weight is 337 g/mol. The van der Waals surface area contributed by atoms with Crippen molar-refractivity contribution in [2.75, 3.05) is 6.54 Å². The summed E-state index contributed by atoms with van der Waals surface area (Å²) in [6.07, 6.45) is 5.03. The van der Waals surface area contributed by atoms with Crippen LogP contribution in [0.2, 0.25) is 0 Å². The summed E-state index contributed by atoms with van der Waals surface area (Å²) in [7, 11) is 0. The third-order valence-corrected chi connectivity index (χ3v) is 4.53. The number of furan rings is 1. The first-order chi connectivity index (χ1) is 12.3. The Morgan fingerprint density at radius 2 is 2.12 bits per heavy atom. The lowest BCUT2D eigenvalue weighted by Crippen LogP contribution is -2.26. The first-order valence-corrected chi connectivity index (χ1v) is 8.46. The Balaban J connectivity index is 1.20. The molecule has 2 atom stereocenters. The summed E-state index contributed by atoms with van der Waals surface area (Å²) in [6, 6.07) is 12.2. The molecule has 0 saturated heterocycles. The number of benzene rings is 1. The van der Waals surface area contributed by atoms with E-state index < -0.39 is 0 Å². The zero-order valence-electron chi connectivity index (χ0n) is 13.7. The molecule has 6 heteroatoms. The standard InChI is InChI=1S/C19H19N3O3/c23-17(20-11-15-10-16(15)13-4-2-1-3-5-13)6-7-18-21-19(22-25-18)14-8-9-24-12-14/h1-5,8-9,12,15-16H,6-7,10-11H2,(H,20,23)/t15-,16+/m1/s1. The van der Waals surface area contributed by atoms with Gasteiger partial charge in [0.15, 0.2) is 0 Å². The van der Waals surface area contributed by atoms with E-state index in [9.17, 15) is 4.79 Å². The monoisotopic (exact) mass is 337 g/mol. The number of hydrogen-bond donors (Lipinski definition) is 1. The highest BCUT2D eigenvalue weighted by Crippen LogP contribution is 2.46. The van der Waals surface area contributed by atoms with Crippen molar-refractivity contribution in [1.29, 1.82) is 0 Å². The van der Waals surface area contributed by atoms with Gasteiger partial charge in [-0.1, -0.05) is 35.5 Å². The molecule has 0 unspecified atom stereocenters. The number of nitrogens with zero attached hydrogens (tertiary/aromatic N) is 2. The molecule has 0 spiro atoms. The first-order valence-electron chi connectivity index (χ1n) is 8.46. The maximum atomic E-state index is 12.0. The van der Waals surface area contributed by atoms with E-state index in [-0.39, 0.29) is 5.91 Å². The van der Waals surface area contributed by atoms with E-state index in [4.69, 9.17) is 8.94 Å². The Hall–Kier alpha value is -2.89. The van der Waals surface area contributed by atoms with Crippen LogP contribution in [0.3, 0.4) is 0 Å². The van der Waals surface area contributed by atoms with Crippen molar-refractivity contribution in [2.24, 2.45) is 5.92 Å². The van der Waals surface area contributed by atoms with Crippen LogP contribution in [-0.4, -0.2) is 22.6 Å². The minimum Gasteiger partial charge on any atom is -0.472 e. The molecule has 25 heavy (non-hydrogen) atoms. The van der Waals surface area contributed by atoms with Gasteiger partial charge in [-0.2, -0.15) is 4.98 Å². The van der Waals surface area contributed by atoms with E-state index in [0.29, 0.717) is 36.4 Å². The van der Waals surface area contributed by atoms with Gasteiger partial charge in [-0.15, -0.1) is 0 Å². The predicted octanol–water partition coefficient (Wildman–Crippen LogP) is 3.18. The summed E-state index contributed by atoms with van der Waals surface area (Å²) in [4.78, 5) is 16.3. The second-order valence-electron chi connectivity index (χ2n) is 6.34. The number of amides is 1. The molecular formula is C19H19N3O3. The van der Waals surface area contributed by atoms with Gasteiger partial charge in [0.1, 0.15) is 6.26 Å². The van der Waals surface area contributed by atoms with Gasteiger partial charge in [-0.25, -0.2) is 0 Å². The number of carbonyl (C=O) groups is 1. The second kappa shape index (κ2) is 6.93. The molecule has 1 amide bonds. The summed E-state index contributed by atoms with van der Waals surface area (Å²) in [6.45, 7) is 0.725. The molecule has 0 bridgehead atoms. The molecule has 2 aromatic heterocycles. The third-order valence-electron chi connectivity index (χ3n) is 4.53. The molecule has 4 rings (SSSR count). The van der Waals surface area contributed by atoms with E-state index in [2.05, 4.69) is 39.7 Å². The summed E-state index contributed by atoms with van der Waals surface area (Å²) in [5.74, 6) is 2.08. The van der Waals surface area contributed by atoms with Crippen molar-refractivity contribution < 1.29 is 13.7 Å². The maximum absolute atomic E-state index is 12.0. The van der Waals surface area contributed by atoms with Crippen molar-refractivity contribution >= 4 is 5.91 Å². The van der Waals surface area contributed by atoms with Gasteiger partial charge >= 0.3 is 0 Å². The van der Waals surface area contributed by atoms with Gasteiger partial charge in [0.2, 0.25) is 17.6 Å². The Morgan fingerprint density at radius 3 is 2.92 bits per heavy atom. The van der Waals surface area contributed by atoms with Gasteiger partial charge < -0.3 is 14.3 Å². The lowest BCUT2D eigenvalue weighted by Gasteiger charge is -2.04. The van der Waals surface area contributed by atoms with E-state index in [1.165, 1.54) is 5.56 Å². The Labute approximate surface area is 145 Å². The molecule has 6 nitrogen and oxygen atoms in total. The molecule has 2 heterocycles. The Morgan fingerprint density at radius 1 is 1.24 bits per heavy atom. The van der Waals surface area contributed by atoms with Crippen LogP contribution in [0.25, 0.3) is 11.4 Å². The molecular weight excluding hydrogens is 318 g/mol. The summed E-state index contributed by atoms with van der Waals surface area (Å²) >= 11 is 0. The Bertz CT molecular complexity index is 827. The van der Waals surface area contributed by atoms with Gasteiger partial charge in [-0.05, 0) is 29.9 Å². The molecule has 0 aliphatic heterocycles. The summed E-state index contributed by atoms with van der Waals surface area (Å²) in [5, 5.41) is 6.89. The highest BCUT2D eigenvalue weighted by molar-refractivity contribution is 5.76. The van der Waals surface area contributed by atoms with Crippen LogP contribution in [-0.2, 0) is 11.2 Å². The van der Waals surface area contributed by atoms with Crippen LogP contribution in [0.15, 0.2) is 57.9 Å². The molecule has 1 aromatic carbocycles. The summed E-state index contributed by atoms with van der Waals surface area (Å²) < 4.78 is 10.2. The van der Waals surface area contributed by atoms with Crippen molar-refractivity contribution in [3.8, 4) is 11.4 Å². The lowest BCUT2D eigenvalue weighted by atomic mass is 10.1. The van der Waals surface area contributed by atoms with E-state index in [1.54, 1.807) is 18.6 Å². The molecule has 1 saturated carbocycles. The summed E-state index contributed by atoms with van der Waals surface area (Å²) in [5.41, 5.74) is 2.12. The number of carbonyl (C=O) groups excluding carboxylic acids is 1. The predicted molar refractivity (Wildman–Crippen MR) is 90.6 cm³/mol. The zero-order chi connectivity index (χ0) is 17.1. The number of aromatic nitrogens is 2. The fourth-order valence-electron chi connectivity index (χ4n) is 3.00. The van der Waals surface area contributed by atoms with Crippen LogP contribution in [0.5, 0.6) is 0 Å². The largest absolute Gasteiger partial charge is 0.472 e. The lowest BCUT2D eigenvalue weighted by molar-refractivity contribution is -0.121. The smallest absolute Gasteiger partial charge is 0.227 e. The zero-order valence-corrected chi connectivity index (χ0v) is 13.7. The molecule has 1 N–H and O–H groups in total. The van der Waals surface area contributed by atoms with Crippen LogP contribution in [0.1, 0.15) is 30.2 Å². The quantitative estimate of drug-likeness (QED) is 0.716. The fourth-order valence-corrected chi connectivity index (χ4v) is 3.00. The molecule has 3 aromatic rings. The number of hydrogen-bond acceptors (Lipinski definition) is 5. The van der Waals surface area contributed by atoms with Gasteiger partial charge in [0.05, 0.1) is 11.8 Å². The number of nitrogens with one attached hydrogen (secondary N) is 1. The third kappa shape index (κ3) is 3.79. The van der Waals surface area contributed by atoms with Crippen molar-refractivity contribution in [3.05, 3.63) is 60.4 Å². The van der Waals surface area contributed by atoms with Crippen molar-refractivity contribution in [2.45, 2.75) is 25.2 Å². The van der Waals surface area contributed by atoms with Crippen LogP contribution in [0.4, 0.5) is 0 Å². The SMILES string of the molecule is O=C(CCc1nc(-c2ccoc2)no1)NC[C@H]1C[C@H]1c1ccccc1. The minimum atomic E-state index is 0.0155. The minimum absolute atomic E-state index is 0.0155. The van der Waals surface area contributed by atoms with E-state index >= 15 is 0 Å². The van der Waals surface area contributed by atoms with E-state index in [1.807, 2.05) is 6.07 Å². The fraction of sp³-hybridized carbons (Fsp3) is 0.316. The number of rotatable bonds is 7. The van der Waals surface area contributed by atoms with Gasteiger partial charge in [-0.3, -0.25) is 4.79 Å². The number of aryl methyl sites for hydroxylation is 1. The van der Waals surface area contributed by atoms with Crippen LogP contribution >= 0.6 is 0 Å². The van der Waals surface area contributed by atoms with Crippen LogP contribution < -0.4 is 5.32 Å². The highest BCUT2D eigenvalue weighted by atomic mass is 16.5. The first kappa shape index (κ1) is 15.6. The van der Waals surface area contributed by atoms with Crippen molar-refractivity contribution in [3.63, 3.8) is 0 Å². The molecule has 0 radical (unpaired) electrons.